The Morgan fingerprint density at radius 3 is 2.52 bits per heavy atom. The molecular formula is C16H17ClN2O2. The molecule has 0 aliphatic carbocycles. The lowest BCUT2D eigenvalue weighted by Crippen LogP contribution is -2.12. The van der Waals surface area contributed by atoms with Gasteiger partial charge in [0.1, 0.15) is 0 Å². The molecule has 0 unspecified atom stereocenters. The van der Waals surface area contributed by atoms with E-state index in [0.717, 1.165) is 5.69 Å². The van der Waals surface area contributed by atoms with Crippen molar-refractivity contribution in [2.45, 2.75) is 20.0 Å². The van der Waals surface area contributed by atoms with Gasteiger partial charge in [-0.2, -0.15) is 0 Å². The summed E-state index contributed by atoms with van der Waals surface area (Å²) in [5.74, 6) is -0.388. The summed E-state index contributed by atoms with van der Waals surface area (Å²) in [7, 11) is 0. The Balaban J connectivity index is 2.20. The lowest BCUT2D eigenvalue weighted by Gasteiger charge is -2.13. The number of halogens is 1. The molecule has 110 valence electrons. The SMILES string of the molecule is CC(C)OC(=O)c1ccc(Nc2ccccc2Cl)c(N)c1. The Kier molecular flexibility index (Phi) is 4.70. The molecule has 2 aromatic carbocycles. The summed E-state index contributed by atoms with van der Waals surface area (Å²) in [5, 5.41) is 3.74. The van der Waals surface area contributed by atoms with Gasteiger partial charge in [0, 0.05) is 0 Å². The average molecular weight is 305 g/mol. The van der Waals surface area contributed by atoms with Gasteiger partial charge in [0.15, 0.2) is 0 Å². The summed E-state index contributed by atoms with van der Waals surface area (Å²) in [5.41, 5.74) is 8.29. The van der Waals surface area contributed by atoms with Crippen molar-refractivity contribution in [1.82, 2.24) is 0 Å². The number of para-hydroxylation sites is 1. The maximum absolute atomic E-state index is 11.8. The van der Waals surface area contributed by atoms with Crippen LogP contribution in [0.1, 0.15) is 24.2 Å². The zero-order chi connectivity index (χ0) is 15.4. The Morgan fingerprint density at radius 1 is 1.19 bits per heavy atom. The lowest BCUT2D eigenvalue weighted by molar-refractivity contribution is 0.0378. The van der Waals surface area contributed by atoms with Crippen molar-refractivity contribution in [1.29, 1.82) is 0 Å². The Hall–Kier alpha value is -2.20. The summed E-state index contributed by atoms with van der Waals surface area (Å²) in [6, 6.07) is 12.3. The maximum atomic E-state index is 11.8. The number of anilines is 3. The Bertz CT molecular complexity index is 656. The van der Waals surface area contributed by atoms with E-state index in [0.29, 0.717) is 22.0 Å². The van der Waals surface area contributed by atoms with Gasteiger partial charge in [0.05, 0.1) is 33.8 Å². The van der Waals surface area contributed by atoms with E-state index in [9.17, 15) is 4.79 Å². The number of carbonyl (C=O) groups is 1. The van der Waals surface area contributed by atoms with Gasteiger partial charge < -0.3 is 15.8 Å². The quantitative estimate of drug-likeness (QED) is 0.655. The number of hydrogen-bond acceptors (Lipinski definition) is 4. The third-order valence-corrected chi connectivity index (χ3v) is 3.10. The number of nitrogens with one attached hydrogen (secondary N) is 1. The first-order chi connectivity index (χ1) is 9.97. The number of esters is 1. The molecule has 0 saturated heterocycles. The number of ether oxygens (including phenoxy) is 1. The van der Waals surface area contributed by atoms with E-state index in [1.54, 1.807) is 38.1 Å². The number of carbonyl (C=O) groups excluding carboxylic acids is 1. The van der Waals surface area contributed by atoms with E-state index < -0.39 is 0 Å². The Morgan fingerprint density at radius 2 is 1.90 bits per heavy atom. The molecule has 0 radical (unpaired) electrons. The fourth-order valence-electron chi connectivity index (χ4n) is 1.79. The second-order valence-electron chi connectivity index (χ2n) is 4.86. The highest BCUT2D eigenvalue weighted by Crippen LogP contribution is 2.28. The summed E-state index contributed by atoms with van der Waals surface area (Å²) in [6.07, 6.45) is -0.167. The third-order valence-electron chi connectivity index (χ3n) is 2.77. The molecular weight excluding hydrogens is 288 g/mol. The van der Waals surface area contributed by atoms with Crippen LogP contribution >= 0.6 is 11.6 Å². The van der Waals surface area contributed by atoms with E-state index in [1.807, 2.05) is 18.2 Å². The topological polar surface area (TPSA) is 64.3 Å². The van der Waals surface area contributed by atoms with Crippen molar-refractivity contribution in [2.75, 3.05) is 11.1 Å². The minimum atomic E-state index is -0.388. The first kappa shape index (κ1) is 15.2. The number of nitrogen functional groups attached to an aromatic ring is 1. The van der Waals surface area contributed by atoms with Crippen molar-refractivity contribution < 1.29 is 9.53 Å². The van der Waals surface area contributed by atoms with E-state index in [4.69, 9.17) is 22.1 Å². The molecule has 0 heterocycles. The fraction of sp³-hybridized carbons (Fsp3) is 0.188. The average Bonchev–Trinajstić information content (AvgIpc) is 2.42. The highest BCUT2D eigenvalue weighted by Gasteiger charge is 2.11. The number of nitrogens with two attached hydrogens (primary N) is 1. The van der Waals surface area contributed by atoms with Crippen LogP contribution in [0, 0.1) is 0 Å². The molecule has 0 fully saturated rings. The normalized spacial score (nSPS) is 10.5. The number of hydrogen-bond donors (Lipinski definition) is 2. The second-order valence-corrected chi connectivity index (χ2v) is 5.27. The molecule has 3 N–H and O–H groups in total. The molecule has 5 heteroatoms. The van der Waals surface area contributed by atoms with Crippen LogP contribution < -0.4 is 11.1 Å². The van der Waals surface area contributed by atoms with E-state index in [-0.39, 0.29) is 12.1 Å². The first-order valence-corrected chi connectivity index (χ1v) is 6.97. The molecule has 0 aromatic heterocycles. The van der Waals surface area contributed by atoms with Crippen LogP contribution in [0.3, 0.4) is 0 Å². The van der Waals surface area contributed by atoms with E-state index >= 15 is 0 Å². The van der Waals surface area contributed by atoms with Crippen molar-refractivity contribution in [3.63, 3.8) is 0 Å². The van der Waals surface area contributed by atoms with Gasteiger partial charge in [0.25, 0.3) is 0 Å². The maximum Gasteiger partial charge on any atom is 0.338 e. The smallest absolute Gasteiger partial charge is 0.338 e. The van der Waals surface area contributed by atoms with Gasteiger partial charge in [-0.3, -0.25) is 0 Å². The lowest BCUT2D eigenvalue weighted by atomic mass is 10.1. The van der Waals surface area contributed by atoms with Crippen LogP contribution in [0.2, 0.25) is 5.02 Å². The summed E-state index contributed by atoms with van der Waals surface area (Å²) in [6.45, 7) is 3.60. The third kappa shape index (κ3) is 3.89. The van der Waals surface area contributed by atoms with Crippen molar-refractivity contribution in [2.24, 2.45) is 0 Å². The van der Waals surface area contributed by atoms with E-state index in [2.05, 4.69) is 5.32 Å². The van der Waals surface area contributed by atoms with Gasteiger partial charge in [0.2, 0.25) is 0 Å². The highest BCUT2D eigenvalue weighted by molar-refractivity contribution is 6.33. The minimum absolute atomic E-state index is 0.167. The van der Waals surface area contributed by atoms with Crippen LogP contribution in [-0.4, -0.2) is 12.1 Å². The van der Waals surface area contributed by atoms with E-state index in [1.165, 1.54) is 0 Å². The molecule has 0 aliphatic rings. The predicted molar refractivity (Wildman–Crippen MR) is 86.1 cm³/mol. The monoisotopic (exact) mass is 304 g/mol. The molecule has 4 nitrogen and oxygen atoms in total. The van der Waals surface area contributed by atoms with Gasteiger partial charge >= 0.3 is 5.97 Å². The number of rotatable bonds is 4. The minimum Gasteiger partial charge on any atom is -0.459 e. The second kappa shape index (κ2) is 6.50. The van der Waals surface area contributed by atoms with Crippen LogP contribution in [0.4, 0.5) is 17.1 Å². The summed E-state index contributed by atoms with van der Waals surface area (Å²) >= 11 is 6.09. The molecule has 21 heavy (non-hydrogen) atoms. The van der Waals surface area contributed by atoms with Gasteiger partial charge in [-0.15, -0.1) is 0 Å². The first-order valence-electron chi connectivity index (χ1n) is 6.59. The van der Waals surface area contributed by atoms with Crippen LogP contribution in [0.25, 0.3) is 0 Å². The van der Waals surface area contributed by atoms with Crippen molar-refractivity contribution in [3.8, 4) is 0 Å². The van der Waals surface area contributed by atoms with Gasteiger partial charge in [-0.05, 0) is 44.2 Å². The van der Waals surface area contributed by atoms with Crippen molar-refractivity contribution >= 4 is 34.6 Å². The zero-order valence-corrected chi connectivity index (χ0v) is 12.6. The van der Waals surface area contributed by atoms with Gasteiger partial charge in [-0.25, -0.2) is 4.79 Å². The summed E-state index contributed by atoms with van der Waals surface area (Å²) < 4.78 is 5.13. The molecule has 0 aliphatic heterocycles. The molecule has 0 atom stereocenters. The predicted octanol–water partition coefficient (Wildman–Crippen LogP) is 4.23. The fourth-order valence-corrected chi connectivity index (χ4v) is 1.98. The van der Waals surface area contributed by atoms with Crippen molar-refractivity contribution in [3.05, 3.63) is 53.1 Å². The molecule has 2 aromatic rings. The molecule has 2 rings (SSSR count). The van der Waals surface area contributed by atoms with Crippen LogP contribution in [0.15, 0.2) is 42.5 Å². The van der Waals surface area contributed by atoms with Crippen LogP contribution in [0.5, 0.6) is 0 Å². The number of benzene rings is 2. The summed E-state index contributed by atoms with van der Waals surface area (Å²) in [4.78, 5) is 11.8. The Labute approximate surface area is 128 Å². The zero-order valence-electron chi connectivity index (χ0n) is 11.9. The molecule has 0 saturated carbocycles. The largest absolute Gasteiger partial charge is 0.459 e. The van der Waals surface area contributed by atoms with Gasteiger partial charge in [-0.1, -0.05) is 23.7 Å². The molecule has 0 bridgehead atoms. The molecule has 0 spiro atoms. The molecule has 0 amide bonds. The highest BCUT2D eigenvalue weighted by atomic mass is 35.5. The standard InChI is InChI=1S/C16H17ClN2O2/c1-10(2)21-16(20)11-7-8-15(13(18)9-11)19-14-6-4-3-5-12(14)17/h3-10,19H,18H2,1-2H3. The van der Waals surface area contributed by atoms with Crippen LogP contribution in [-0.2, 0) is 4.74 Å².